The number of aromatic nitrogens is 4. The first kappa shape index (κ1) is 16.1. The van der Waals surface area contributed by atoms with Crippen LogP contribution in [0.3, 0.4) is 0 Å². The van der Waals surface area contributed by atoms with Crippen molar-refractivity contribution in [3.05, 3.63) is 41.2 Å². The van der Waals surface area contributed by atoms with E-state index in [0.717, 1.165) is 24.2 Å². The minimum atomic E-state index is -0.884. The van der Waals surface area contributed by atoms with Crippen LogP contribution in [0, 0.1) is 6.92 Å². The Labute approximate surface area is 138 Å². The average Bonchev–Trinajstić information content (AvgIpc) is 3.03. The molecule has 2 N–H and O–H groups in total. The van der Waals surface area contributed by atoms with E-state index >= 15 is 0 Å². The molecule has 3 rings (SSSR count). The van der Waals surface area contributed by atoms with E-state index in [1.54, 1.807) is 11.1 Å². The van der Waals surface area contributed by atoms with Gasteiger partial charge in [-0.2, -0.15) is 5.10 Å². The number of hydrogen-bond donors (Lipinski definition) is 2. The van der Waals surface area contributed by atoms with Gasteiger partial charge in [0.1, 0.15) is 5.69 Å². The Morgan fingerprint density at radius 1 is 1.29 bits per heavy atom. The summed E-state index contributed by atoms with van der Waals surface area (Å²) in [4.78, 5) is 33.2. The topological polar surface area (TPSA) is 112 Å². The number of carboxylic acid groups (broad SMARTS) is 1. The number of nitrogens with one attached hydrogen (secondary N) is 1. The number of aromatic amines is 1. The predicted molar refractivity (Wildman–Crippen MR) is 84.6 cm³/mol. The number of H-pyrrole nitrogens is 1. The van der Waals surface area contributed by atoms with E-state index in [4.69, 9.17) is 5.11 Å². The predicted octanol–water partition coefficient (Wildman–Crippen LogP) is 1.16. The Kier molecular flexibility index (Phi) is 4.54. The Morgan fingerprint density at radius 3 is 2.67 bits per heavy atom. The normalized spacial score (nSPS) is 15.5. The van der Waals surface area contributed by atoms with Crippen molar-refractivity contribution in [3.63, 3.8) is 0 Å². The monoisotopic (exact) mass is 329 g/mol. The molecule has 126 valence electrons. The molecule has 8 nitrogen and oxygen atoms in total. The largest absolute Gasteiger partial charge is 0.481 e. The maximum atomic E-state index is 12.4. The second-order valence-corrected chi connectivity index (χ2v) is 6.00. The van der Waals surface area contributed by atoms with Gasteiger partial charge in [-0.3, -0.25) is 19.7 Å². The number of piperidine rings is 1. The highest BCUT2D eigenvalue weighted by Gasteiger charge is 2.26. The molecule has 1 aliphatic rings. The van der Waals surface area contributed by atoms with E-state index < -0.39 is 5.97 Å². The maximum absolute atomic E-state index is 12.4. The second-order valence-electron chi connectivity index (χ2n) is 6.00. The van der Waals surface area contributed by atoms with E-state index in [1.165, 1.54) is 6.20 Å². The lowest BCUT2D eigenvalue weighted by Crippen LogP contribution is -2.38. The molecule has 0 saturated carbocycles. The molecule has 8 heteroatoms. The number of aryl methyl sites for hydroxylation is 1. The summed E-state index contributed by atoms with van der Waals surface area (Å²) < 4.78 is 0. The average molecular weight is 329 g/mol. The van der Waals surface area contributed by atoms with Gasteiger partial charge in [0, 0.05) is 30.9 Å². The molecule has 2 aromatic rings. The summed E-state index contributed by atoms with van der Waals surface area (Å²) in [5.74, 6) is -0.753. The summed E-state index contributed by atoms with van der Waals surface area (Å²) in [5.41, 5.74) is 2.61. The van der Waals surface area contributed by atoms with E-state index in [2.05, 4.69) is 20.2 Å². The SMILES string of the molecule is Cc1cnc(C(=O)N2CCC(c3cc(CC(=O)O)[nH]n3)CC2)cn1. The molecule has 1 fully saturated rings. The molecule has 1 saturated heterocycles. The van der Waals surface area contributed by atoms with Crippen molar-refractivity contribution < 1.29 is 14.7 Å². The van der Waals surface area contributed by atoms with E-state index in [1.807, 2.05) is 13.0 Å². The van der Waals surface area contributed by atoms with Gasteiger partial charge in [-0.15, -0.1) is 0 Å². The highest BCUT2D eigenvalue weighted by atomic mass is 16.4. The number of rotatable bonds is 4. The van der Waals surface area contributed by atoms with Gasteiger partial charge in [-0.05, 0) is 25.8 Å². The van der Waals surface area contributed by atoms with Gasteiger partial charge >= 0.3 is 5.97 Å². The van der Waals surface area contributed by atoms with Crippen molar-refractivity contribution in [2.75, 3.05) is 13.1 Å². The van der Waals surface area contributed by atoms with Crippen molar-refractivity contribution in [1.29, 1.82) is 0 Å². The molecule has 0 bridgehead atoms. The van der Waals surface area contributed by atoms with Crippen LogP contribution in [0.4, 0.5) is 0 Å². The molecule has 2 aromatic heterocycles. The number of hydrogen-bond acceptors (Lipinski definition) is 5. The standard InChI is InChI=1S/C16H19N5O3/c1-10-8-18-14(9-17-10)16(24)21-4-2-11(3-5-21)13-6-12(19-20-13)7-15(22)23/h6,8-9,11H,2-5,7H2,1H3,(H,19,20)(H,22,23). The molecular weight excluding hydrogens is 310 g/mol. The molecule has 24 heavy (non-hydrogen) atoms. The van der Waals surface area contributed by atoms with Crippen molar-refractivity contribution in [3.8, 4) is 0 Å². The Hall–Kier alpha value is -2.77. The zero-order valence-electron chi connectivity index (χ0n) is 13.4. The minimum Gasteiger partial charge on any atom is -0.481 e. The Balaban J connectivity index is 1.59. The fourth-order valence-corrected chi connectivity index (χ4v) is 2.89. The zero-order valence-corrected chi connectivity index (χ0v) is 13.4. The van der Waals surface area contributed by atoms with E-state index in [0.29, 0.717) is 24.5 Å². The molecule has 0 aliphatic carbocycles. The first-order chi connectivity index (χ1) is 11.5. The smallest absolute Gasteiger partial charge is 0.309 e. The summed E-state index contributed by atoms with van der Waals surface area (Å²) in [6, 6.07) is 1.81. The first-order valence-corrected chi connectivity index (χ1v) is 7.87. The van der Waals surface area contributed by atoms with Crippen LogP contribution >= 0.6 is 0 Å². The minimum absolute atomic E-state index is 0.0591. The van der Waals surface area contributed by atoms with Gasteiger partial charge in [-0.1, -0.05) is 0 Å². The van der Waals surface area contributed by atoms with Crippen LogP contribution < -0.4 is 0 Å². The molecule has 0 radical (unpaired) electrons. The molecule has 0 unspecified atom stereocenters. The third kappa shape index (κ3) is 3.58. The van der Waals surface area contributed by atoms with Gasteiger partial charge in [0.2, 0.25) is 0 Å². The number of likely N-dealkylation sites (tertiary alicyclic amines) is 1. The lowest BCUT2D eigenvalue weighted by molar-refractivity contribution is -0.136. The van der Waals surface area contributed by atoms with Crippen molar-refractivity contribution in [1.82, 2.24) is 25.1 Å². The van der Waals surface area contributed by atoms with Gasteiger partial charge in [0.05, 0.1) is 24.0 Å². The molecular formula is C16H19N5O3. The molecule has 1 aliphatic heterocycles. The fourth-order valence-electron chi connectivity index (χ4n) is 2.89. The summed E-state index contributed by atoms with van der Waals surface area (Å²) in [6.45, 7) is 3.08. The second kappa shape index (κ2) is 6.77. The van der Waals surface area contributed by atoms with E-state index in [9.17, 15) is 9.59 Å². The number of amides is 1. The van der Waals surface area contributed by atoms with Crippen LogP contribution in [-0.2, 0) is 11.2 Å². The molecule has 0 aromatic carbocycles. The third-order valence-corrected chi connectivity index (χ3v) is 4.19. The quantitative estimate of drug-likeness (QED) is 0.870. The zero-order chi connectivity index (χ0) is 17.1. The van der Waals surface area contributed by atoms with Crippen molar-refractivity contribution >= 4 is 11.9 Å². The van der Waals surface area contributed by atoms with Crippen LogP contribution in [0.5, 0.6) is 0 Å². The Bertz CT molecular complexity index is 732. The first-order valence-electron chi connectivity index (χ1n) is 7.87. The highest BCUT2D eigenvalue weighted by molar-refractivity contribution is 5.92. The van der Waals surface area contributed by atoms with Gasteiger partial charge in [0.15, 0.2) is 0 Å². The maximum Gasteiger partial charge on any atom is 0.309 e. The molecule has 3 heterocycles. The molecule has 1 amide bonds. The van der Waals surface area contributed by atoms with Gasteiger partial charge in [-0.25, -0.2) is 4.98 Å². The van der Waals surface area contributed by atoms with Crippen molar-refractivity contribution in [2.45, 2.75) is 32.1 Å². The number of nitrogens with zero attached hydrogens (tertiary/aromatic N) is 4. The van der Waals surface area contributed by atoms with Gasteiger partial charge < -0.3 is 10.0 Å². The van der Waals surface area contributed by atoms with Crippen molar-refractivity contribution in [2.24, 2.45) is 0 Å². The van der Waals surface area contributed by atoms with Crippen LogP contribution in [-0.4, -0.2) is 55.1 Å². The lowest BCUT2D eigenvalue weighted by atomic mass is 9.93. The van der Waals surface area contributed by atoms with Crippen LogP contribution in [0.15, 0.2) is 18.5 Å². The number of carboxylic acids is 1. The molecule has 0 spiro atoms. The van der Waals surface area contributed by atoms with Crippen LogP contribution in [0.1, 0.15) is 46.3 Å². The summed E-state index contributed by atoms with van der Waals surface area (Å²) in [7, 11) is 0. The van der Waals surface area contributed by atoms with E-state index in [-0.39, 0.29) is 18.2 Å². The van der Waals surface area contributed by atoms with Crippen LogP contribution in [0.25, 0.3) is 0 Å². The Morgan fingerprint density at radius 2 is 2.04 bits per heavy atom. The summed E-state index contributed by atoms with van der Waals surface area (Å²) in [6.07, 6.45) is 4.63. The number of carbonyl (C=O) groups is 2. The number of carbonyl (C=O) groups excluding carboxylic acids is 1. The molecule has 0 atom stereocenters. The third-order valence-electron chi connectivity index (χ3n) is 4.19. The summed E-state index contributed by atoms with van der Waals surface area (Å²) >= 11 is 0. The summed E-state index contributed by atoms with van der Waals surface area (Å²) in [5, 5.41) is 15.8. The lowest BCUT2D eigenvalue weighted by Gasteiger charge is -2.30. The van der Waals surface area contributed by atoms with Gasteiger partial charge in [0.25, 0.3) is 5.91 Å². The van der Waals surface area contributed by atoms with Crippen LogP contribution in [0.2, 0.25) is 0 Å². The number of aliphatic carboxylic acids is 1. The highest BCUT2D eigenvalue weighted by Crippen LogP contribution is 2.27. The fraction of sp³-hybridized carbons (Fsp3) is 0.438.